The summed E-state index contributed by atoms with van der Waals surface area (Å²) in [6.07, 6.45) is 1.38. The third-order valence-electron chi connectivity index (χ3n) is 4.61. The minimum atomic E-state index is -0.515. The van der Waals surface area contributed by atoms with Gasteiger partial charge in [0.05, 0.1) is 48.1 Å². The molecule has 2 aromatic heterocycles. The second-order valence-electron chi connectivity index (χ2n) is 6.58. The molecule has 0 spiro atoms. The van der Waals surface area contributed by atoms with Gasteiger partial charge >= 0.3 is 0 Å². The summed E-state index contributed by atoms with van der Waals surface area (Å²) in [6.45, 7) is 2.69. The summed E-state index contributed by atoms with van der Waals surface area (Å²) in [5, 5.41) is 13.9. The van der Waals surface area contributed by atoms with Gasteiger partial charge in [0.2, 0.25) is 0 Å². The molecular weight excluding hydrogens is 420 g/mol. The van der Waals surface area contributed by atoms with Crippen LogP contribution in [0.4, 0.5) is 5.69 Å². The summed E-state index contributed by atoms with van der Waals surface area (Å²) in [6, 6.07) is 9.64. The van der Waals surface area contributed by atoms with Crippen LogP contribution < -0.4 is 15.0 Å². The summed E-state index contributed by atoms with van der Waals surface area (Å²) in [7, 11) is 1.59. The third kappa shape index (κ3) is 4.10. The Morgan fingerprint density at radius 1 is 1.19 bits per heavy atom. The van der Waals surface area contributed by atoms with Crippen LogP contribution in [0.2, 0.25) is 0 Å². The molecule has 158 valence electrons. The van der Waals surface area contributed by atoms with E-state index in [9.17, 15) is 14.9 Å². The minimum absolute atomic E-state index is 0.105. The lowest BCUT2D eigenvalue weighted by atomic mass is 10.2. The van der Waals surface area contributed by atoms with E-state index < -0.39 is 4.92 Å². The Kier molecular flexibility index (Phi) is 5.63. The van der Waals surface area contributed by atoms with Crippen molar-refractivity contribution in [2.75, 3.05) is 13.7 Å². The van der Waals surface area contributed by atoms with E-state index in [1.54, 1.807) is 7.11 Å². The molecule has 2 heterocycles. The minimum Gasteiger partial charge on any atom is -0.493 e. The average Bonchev–Trinajstić information content (AvgIpc) is 3.24. The van der Waals surface area contributed by atoms with Crippen molar-refractivity contribution >= 4 is 27.9 Å². The Balaban J connectivity index is 1.61. The molecule has 0 saturated heterocycles. The van der Waals surface area contributed by atoms with Gasteiger partial charge in [0.15, 0.2) is 11.5 Å². The standard InChI is InChI=1S/C21H18N4O5S/c1-3-30-18-7-4-13(8-19(18)29-2)20-23-14(11-31-20)10-24-12-22-17-9-15(25(27)28)5-6-16(17)21(24)26/h4-9,11-12H,3,10H2,1-2H3. The van der Waals surface area contributed by atoms with Gasteiger partial charge in [0.25, 0.3) is 11.2 Å². The topological polar surface area (TPSA) is 109 Å². The van der Waals surface area contributed by atoms with E-state index in [4.69, 9.17) is 9.47 Å². The van der Waals surface area contributed by atoms with Crippen molar-refractivity contribution < 1.29 is 14.4 Å². The summed E-state index contributed by atoms with van der Waals surface area (Å²) in [5.41, 5.74) is 1.49. The fourth-order valence-electron chi connectivity index (χ4n) is 3.14. The highest BCUT2D eigenvalue weighted by Crippen LogP contribution is 2.33. The van der Waals surface area contributed by atoms with Crippen molar-refractivity contribution in [1.29, 1.82) is 0 Å². The second kappa shape index (κ2) is 8.52. The number of hydrogen-bond acceptors (Lipinski definition) is 8. The van der Waals surface area contributed by atoms with Gasteiger partial charge in [0.1, 0.15) is 5.01 Å². The number of fused-ring (bicyclic) bond motifs is 1. The van der Waals surface area contributed by atoms with E-state index in [0.29, 0.717) is 29.2 Å². The smallest absolute Gasteiger partial charge is 0.271 e. The van der Waals surface area contributed by atoms with Crippen molar-refractivity contribution in [1.82, 2.24) is 14.5 Å². The molecule has 0 aliphatic rings. The Bertz CT molecular complexity index is 1330. The van der Waals surface area contributed by atoms with Gasteiger partial charge in [-0.3, -0.25) is 19.5 Å². The van der Waals surface area contributed by atoms with Gasteiger partial charge < -0.3 is 9.47 Å². The first kappa shape index (κ1) is 20.5. The highest BCUT2D eigenvalue weighted by molar-refractivity contribution is 7.13. The third-order valence-corrected chi connectivity index (χ3v) is 5.55. The van der Waals surface area contributed by atoms with Crippen LogP contribution in [-0.2, 0) is 6.54 Å². The maximum absolute atomic E-state index is 12.8. The number of benzene rings is 2. The molecule has 9 nitrogen and oxygen atoms in total. The molecule has 0 bridgehead atoms. The molecule has 0 unspecified atom stereocenters. The summed E-state index contributed by atoms with van der Waals surface area (Å²) >= 11 is 1.46. The van der Waals surface area contributed by atoms with Crippen LogP contribution in [0.25, 0.3) is 21.5 Å². The number of thiazole rings is 1. The number of methoxy groups -OCH3 is 1. The lowest BCUT2D eigenvalue weighted by Crippen LogP contribution is -2.21. The first-order chi connectivity index (χ1) is 15.0. The van der Waals surface area contributed by atoms with E-state index in [2.05, 4.69) is 9.97 Å². The van der Waals surface area contributed by atoms with E-state index in [0.717, 1.165) is 10.6 Å². The molecule has 2 aromatic carbocycles. The van der Waals surface area contributed by atoms with Crippen molar-refractivity contribution in [3.8, 4) is 22.1 Å². The number of nitro groups is 1. The number of aromatic nitrogens is 3. The molecule has 10 heteroatoms. The number of rotatable bonds is 7. The number of non-ortho nitro benzene ring substituents is 1. The van der Waals surface area contributed by atoms with Crippen LogP contribution in [0.15, 0.2) is 52.9 Å². The molecule has 0 aliphatic carbocycles. The predicted molar refractivity (Wildman–Crippen MR) is 117 cm³/mol. The molecule has 0 aliphatic heterocycles. The Morgan fingerprint density at radius 2 is 2.03 bits per heavy atom. The SMILES string of the molecule is CCOc1ccc(-c2nc(Cn3cnc4cc([N+](=O)[O-])ccc4c3=O)cs2)cc1OC. The number of nitro benzene ring substituents is 1. The number of hydrogen-bond donors (Lipinski definition) is 0. The van der Waals surface area contributed by atoms with Crippen LogP contribution in [-0.4, -0.2) is 33.2 Å². The summed E-state index contributed by atoms with van der Waals surface area (Å²) < 4.78 is 12.4. The van der Waals surface area contributed by atoms with Gasteiger partial charge in [-0.15, -0.1) is 11.3 Å². The molecule has 4 aromatic rings. The zero-order valence-electron chi connectivity index (χ0n) is 16.8. The normalized spacial score (nSPS) is 10.9. The second-order valence-corrected chi connectivity index (χ2v) is 7.44. The van der Waals surface area contributed by atoms with E-state index in [-0.39, 0.29) is 23.3 Å². The summed E-state index contributed by atoms with van der Waals surface area (Å²) in [5.74, 6) is 1.29. The maximum Gasteiger partial charge on any atom is 0.271 e. The first-order valence-corrected chi connectivity index (χ1v) is 10.3. The van der Waals surface area contributed by atoms with Crippen LogP contribution in [0, 0.1) is 10.1 Å². The van der Waals surface area contributed by atoms with Crippen LogP contribution in [0.5, 0.6) is 11.5 Å². The quantitative estimate of drug-likeness (QED) is 0.318. The van der Waals surface area contributed by atoms with E-state index in [1.165, 1.54) is 40.4 Å². The highest BCUT2D eigenvalue weighted by atomic mass is 32.1. The summed E-state index contributed by atoms with van der Waals surface area (Å²) in [4.78, 5) is 32.0. The van der Waals surface area contributed by atoms with Gasteiger partial charge in [-0.1, -0.05) is 0 Å². The lowest BCUT2D eigenvalue weighted by Gasteiger charge is -2.10. The van der Waals surface area contributed by atoms with E-state index in [1.807, 2.05) is 30.5 Å². The van der Waals surface area contributed by atoms with Gasteiger partial charge in [0, 0.05) is 23.1 Å². The van der Waals surface area contributed by atoms with Gasteiger partial charge in [-0.05, 0) is 31.2 Å². The molecule has 0 amide bonds. The van der Waals surface area contributed by atoms with Crippen molar-refractivity contribution in [2.24, 2.45) is 0 Å². The maximum atomic E-state index is 12.8. The van der Waals surface area contributed by atoms with Crippen LogP contribution in [0.3, 0.4) is 0 Å². The molecule has 0 N–H and O–H groups in total. The van der Waals surface area contributed by atoms with Gasteiger partial charge in [-0.25, -0.2) is 9.97 Å². The predicted octanol–water partition coefficient (Wildman–Crippen LogP) is 3.88. The van der Waals surface area contributed by atoms with Crippen LogP contribution in [0.1, 0.15) is 12.6 Å². The largest absolute Gasteiger partial charge is 0.493 e. The number of nitrogens with zero attached hydrogens (tertiary/aromatic N) is 4. The Labute approximate surface area is 180 Å². The fraction of sp³-hybridized carbons (Fsp3) is 0.190. The monoisotopic (exact) mass is 438 g/mol. The zero-order chi connectivity index (χ0) is 22.0. The lowest BCUT2D eigenvalue weighted by molar-refractivity contribution is -0.384. The van der Waals surface area contributed by atoms with E-state index >= 15 is 0 Å². The van der Waals surface area contributed by atoms with Crippen molar-refractivity contribution in [3.63, 3.8) is 0 Å². The Hall–Kier alpha value is -3.79. The molecular formula is C21H18N4O5S. The molecule has 0 atom stereocenters. The fourth-order valence-corrected chi connectivity index (χ4v) is 3.94. The van der Waals surface area contributed by atoms with Gasteiger partial charge in [-0.2, -0.15) is 0 Å². The average molecular weight is 438 g/mol. The Morgan fingerprint density at radius 3 is 2.77 bits per heavy atom. The van der Waals surface area contributed by atoms with Crippen LogP contribution >= 0.6 is 11.3 Å². The molecule has 0 radical (unpaired) electrons. The molecule has 0 saturated carbocycles. The highest BCUT2D eigenvalue weighted by Gasteiger charge is 2.13. The first-order valence-electron chi connectivity index (χ1n) is 9.39. The van der Waals surface area contributed by atoms with Crippen molar-refractivity contribution in [2.45, 2.75) is 13.5 Å². The number of ether oxygens (including phenoxy) is 2. The molecule has 4 rings (SSSR count). The molecule has 0 fully saturated rings. The zero-order valence-corrected chi connectivity index (χ0v) is 17.6. The van der Waals surface area contributed by atoms with Crippen molar-refractivity contribution in [3.05, 3.63) is 74.3 Å². The molecule has 31 heavy (non-hydrogen) atoms.